The van der Waals surface area contributed by atoms with E-state index in [4.69, 9.17) is 0 Å². The summed E-state index contributed by atoms with van der Waals surface area (Å²) in [6.45, 7) is 11.1. The van der Waals surface area contributed by atoms with E-state index >= 15 is 0 Å². The minimum Gasteiger partial charge on any atom is -0.307 e. The minimum absolute atomic E-state index is 0.0366. The first-order chi connectivity index (χ1) is 17.5. The van der Waals surface area contributed by atoms with Crippen molar-refractivity contribution < 1.29 is 4.79 Å². The molecule has 0 aliphatic carbocycles. The largest absolute Gasteiger partial charge is 0.307 e. The Bertz CT molecular complexity index is 1150. The number of hydrogen-bond donors (Lipinski definition) is 1. The number of nitrogens with one attached hydrogen (secondary N) is 1. The second-order valence-electron chi connectivity index (χ2n) is 9.33. The van der Waals surface area contributed by atoms with Gasteiger partial charge in [-0.05, 0) is 59.7 Å². The topological polar surface area (TPSA) is 29.1 Å². The van der Waals surface area contributed by atoms with Crippen molar-refractivity contribution in [2.24, 2.45) is 11.8 Å². The lowest BCUT2D eigenvalue weighted by atomic mass is 9.83. The van der Waals surface area contributed by atoms with Crippen LogP contribution < -0.4 is 5.32 Å². The molecule has 36 heavy (non-hydrogen) atoms. The molecule has 4 rings (SSSR count). The van der Waals surface area contributed by atoms with E-state index in [0.29, 0.717) is 12.2 Å². The zero-order valence-corrected chi connectivity index (χ0v) is 22.3. The molecular formula is C34H39NO. The zero-order valence-electron chi connectivity index (χ0n) is 22.3. The molecule has 0 saturated carbocycles. The third-order valence-electron chi connectivity index (χ3n) is 6.80. The summed E-state index contributed by atoms with van der Waals surface area (Å²) in [4.78, 5) is 13.3. The monoisotopic (exact) mass is 477 g/mol. The van der Waals surface area contributed by atoms with Gasteiger partial charge in [0, 0.05) is 30.0 Å². The van der Waals surface area contributed by atoms with E-state index < -0.39 is 0 Å². The Kier molecular flexibility index (Phi) is 10.3. The van der Waals surface area contributed by atoms with Gasteiger partial charge in [0.15, 0.2) is 0 Å². The van der Waals surface area contributed by atoms with Crippen molar-refractivity contribution in [2.45, 2.75) is 53.5 Å². The summed E-state index contributed by atoms with van der Waals surface area (Å²) in [6, 6.07) is 33.3. The van der Waals surface area contributed by atoms with E-state index in [0.717, 1.165) is 18.5 Å². The van der Waals surface area contributed by atoms with Crippen molar-refractivity contribution in [3.05, 3.63) is 119 Å². The summed E-state index contributed by atoms with van der Waals surface area (Å²) < 4.78 is 0. The molecule has 186 valence electrons. The first-order valence-electron chi connectivity index (χ1n) is 13.2. The molecule has 3 aromatic carbocycles. The summed E-state index contributed by atoms with van der Waals surface area (Å²) in [7, 11) is 0. The van der Waals surface area contributed by atoms with Gasteiger partial charge in [0.05, 0.1) is 0 Å². The Morgan fingerprint density at radius 2 is 1.56 bits per heavy atom. The van der Waals surface area contributed by atoms with Crippen LogP contribution in [-0.2, 0) is 11.2 Å². The highest BCUT2D eigenvalue weighted by atomic mass is 16.1. The molecule has 0 bridgehead atoms. The fourth-order valence-corrected chi connectivity index (χ4v) is 4.97. The standard InChI is InChI=1S/C32H33NO.C2H6/c1-23(21-26-13-7-4-8-14-26)32(34)24(2)22-30-25(3)31(28-17-11-6-12-18-28)29(19-20-33-30)27-15-9-5-10-16-27;1-2/h4-7,9-13,15-19,23-24,30,33H,20-22H2,1-3H3;1-2H3. The number of allylic oxidation sites excluding steroid dienone is 2. The molecule has 0 fully saturated rings. The second-order valence-corrected chi connectivity index (χ2v) is 9.33. The summed E-state index contributed by atoms with van der Waals surface area (Å²) in [6.07, 6.45) is 3.78. The highest BCUT2D eigenvalue weighted by Gasteiger charge is 2.27. The average Bonchev–Trinajstić information content (AvgIpc) is 3.09. The summed E-state index contributed by atoms with van der Waals surface area (Å²) in [5.41, 5.74) is 7.29. The van der Waals surface area contributed by atoms with Crippen LogP contribution in [0.3, 0.4) is 0 Å². The van der Waals surface area contributed by atoms with Crippen LogP contribution in [0.2, 0.25) is 0 Å². The molecule has 0 radical (unpaired) electrons. The second kappa shape index (κ2) is 13.6. The van der Waals surface area contributed by atoms with Crippen molar-refractivity contribution in [1.82, 2.24) is 5.32 Å². The predicted octanol–water partition coefficient (Wildman–Crippen LogP) is 7.62. The van der Waals surface area contributed by atoms with Gasteiger partial charge in [-0.2, -0.15) is 0 Å². The highest BCUT2D eigenvalue weighted by Crippen LogP contribution is 2.37. The number of Topliss-reactive ketones (excluding diaryl/α,β-unsaturated/α-hetero) is 1. The van der Waals surface area contributed by atoms with Gasteiger partial charge in [-0.25, -0.2) is 0 Å². The quantitative estimate of drug-likeness (QED) is 0.362. The van der Waals surface area contributed by atoms with Crippen molar-refractivity contribution >= 4 is 16.9 Å². The van der Waals surface area contributed by atoms with Crippen LogP contribution in [0.1, 0.15) is 57.7 Å². The predicted molar refractivity (Wildman–Crippen MR) is 152 cm³/mol. The molecule has 2 heteroatoms. The number of carbonyl (C=O) groups excluding carboxylic acids is 1. The average molecular weight is 478 g/mol. The maximum absolute atomic E-state index is 13.3. The van der Waals surface area contributed by atoms with Crippen LogP contribution in [0.4, 0.5) is 0 Å². The molecule has 0 saturated heterocycles. The highest BCUT2D eigenvalue weighted by molar-refractivity contribution is 6.06. The van der Waals surface area contributed by atoms with E-state index in [1.807, 2.05) is 39.0 Å². The Morgan fingerprint density at radius 1 is 0.917 bits per heavy atom. The van der Waals surface area contributed by atoms with Gasteiger partial charge in [-0.15, -0.1) is 0 Å². The van der Waals surface area contributed by atoms with E-state index in [1.165, 1.54) is 27.8 Å². The van der Waals surface area contributed by atoms with Gasteiger partial charge >= 0.3 is 0 Å². The van der Waals surface area contributed by atoms with Crippen molar-refractivity contribution in [3.63, 3.8) is 0 Å². The molecule has 0 aromatic heterocycles. The molecule has 2 nitrogen and oxygen atoms in total. The maximum Gasteiger partial charge on any atom is 0.138 e. The molecule has 0 amide bonds. The molecule has 1 heterocycles. The van der Waals surface area contributed by atoms with Crippen LogP contribution in [0.5, 0.6) is 0 Å². The van der Waals surface area contributed by atoms with Crippen LogP contribution in [0.25, 0.3) is 11.1 Å². The lowest BCUT2D eigenvalue weighted by Crippen LogP contribution is -2.34. The van der Waals surface area contributed by atoms with Gasteiger partial charge < -0.3 is 5.32 Å². The van der Waals surface area contributed by atoms with E-state index in [-0.39, 0.29) is 17.9 Å². The van der Waals surface area contributed by atoms with Crippen molar-refractivity contribution in [2.75, 3.05) is 6.54 Å². The van der Waals surface area contributed by atoms with E-state index in [1.54, 1.807) is 0 Å². The number of rotatable bonds is 8. The van der Waals surface area contributed by atoms with Gasteiger partial charge in [-0.3, -0.25) is 4.79 Å². The van der Waals surface area contributed by atoms with Gasteiger partial charge in [0.25, 0.3) is 0 Å². The van der Waals surface area contributed by atoms with Crippen LogP contribution in [0.15, 0.2) is 90.5 Å². The summed E-state index contributed by atoms with van der Waals surface area (Å²) in [5, 5.41) is 3.71. The fourth-order valence-electron chi connectivity index (χ4n) is 4.97. The van der Waals surface area contributed by atoms with Crippen LogP contribution >= 0.6 is 0 Å². The zero-order chi connectivity index (χ0) is 25.9. The normalized spacial score (nSPS) is 17.0. The molecule has 1 N–H and O–H groups in total. The SMILES string of the molecule is CC.CC1=C(c2ccccc2)C(c2ccccc2)=CCNC1CC(C)C(=O)C(C)Cc1c#cccc1. The molecule has 3 unspecified atom stereocenters. The third-order valence-corrected chi connectivity index (χ3v) is 6.80. The molecule has 1 aliphatic rings. The smallest absolute Gasteiger partial charge is 0.138 e. The first kappa shape index (κ1) is 27.2. The Balaban J connectivity index is 0.00000176. The molecule has 1 aliphatic heterocycles. The number of ketones is 1. The van der Waals surface area contributed by atoms with E-state index in [9.17, 15) is 4.79 Å². The maximum atomic E-state index is 13.3. The third kappa shape index (κ3) is 6.84. The van der Waals surface area contributed by atoms with Gasteiger partial charge in [0.1, 0.15) is 5.78 Å². The van der Waals surface area contributed by atoms with Crippen molar-refractivity contribution in [1.29, 1.82) is 0 Å². The minimum atomic E-state index is -0.0382. The van der Waals surface area contributed by atoms with Crippen LogP contribution in [0, 0.1) is 24.0 Å². The van der Waals surface area contributed by atoms with Gasteiger partial charge in [0.2, 0.25) is 0 Å². The molecule has 3 aromatic rings. The lowest BCUT2D eigenvalue weighted by Gasteiger charge is -2.25. The Labute approximate surface area is 218 Å². The summed E-state index contributed by atoms with van der Waals surface area (Å²) >= 11 is 0. The number of hydrogen-bond acceptors (Lipinski definition) is 2. The summed E-state index contributed by atoms with van der Waals surface area (Å²) in [5.74, 6) is 0.239. The number of benzene rings is 2. The van der Waals surface area contributed by atoms with Gasteiger partial charge in [-0.1, -0.05) is 113 Å². The van der Waals surface area contributed by atoms with Crippen LogP contribution in [-0.4, -0.2) is 18.4 Å². The molecule has 0 spiro atoms. The molecular weight excluding hydrogens is 438 g/mol. The van der Waals surface area contributed by atoms with Crippen molar-refractivity contribution in [3.8, 4) is 0 Å². The fraction of sp³-hybridized carbons (Fsp3) is 0.324. The Hall–Kier alpha value is -3.41. The molecule has 3 atom stereocenters. The van der Waals surface area contributed by atoms with E-state index in [2.05, 4.69) is 98.0 Å². The Morgan fingerprint density at radius 3 is 2.17 bits per heavy atom. The number of carbonyl (C=O) groups is 1. The first-order valence-corrected chi connectivity index (χ1v) is 13.2. The lowest BCUT2D eigenvalue weighted by molar-refractivity contribution is -0.126.